The Balaban J connectivity index is 2.71. The van der Waals surface area contributed by atoms with Gasteiger partial charge >= 0.3 is 5.97 Å². The van der Waals surface area contributed by atoms with Crippen LogP contribution in [0.15, 0.2) is 0 Å². The number of hydrogen-bond acceptors (Lipinski definition) is 2. The van der Waals surface area contributed by atoms with Crippen LogP contribution < -0.4 is 0 Å². The molecule has 0 bridgehead atoms. The Bertz CT molecular complexity index is 189. The molecule has 0 aromatic rings. The molecule has 3 heteroatoms. The third-order valence-corrected chi connectivity index (χ3v) is 3.50. The van der Waals surface area contributed by atoms with Crippen molar-refractivity contribution in [2.75, 3.05) is 12.0 Å². The summed E-state index contributed by atoms with van der Waals surface area (Å²) in [5.74, 6) is 0.117. The average molecular weight is 174 g/mol. The van der Waals surface area contributed by atoms with E-state index < -0.39 is 11.4 Å². The summed E-state index contributed by atoms with van der Waals surface area (Å²) in [6.45, 7) is 4.05. The van der Waals surface area contributed by atoms with Gasteiger partial charge in [0, 0.05) is 5.75 Å². The van der Waals surface area contributed by atoms with Gasteiger partial charge in [-0.2, -0.15) is 11.8 Å². The van der Waals surface area contributed by atoms with Crippen molar-refractivity contribution < 1.29 is 9.90 Å². The van der Waals surface area contributed by atoms with Gasteiger partial charge in [-0.15, -0.1) is 0 Å². The zero-order valence-electron chi connectivity index (χ0n) is 7.18. The van der Waals surface area contributed by atoms with Crippen LogP contribution >= 0.6 is 11.8 Å². The normalized spacial score (nSPS) is 33.4. The van der Waals surface area contributed by atoms with E-state index in [9.17, 15) is 4.79 Å². The zero-order valence-corrected chi connectivity index (χ0v) is 7.99. The highest BCUT2D eigenvalue weighted by Gasteiger charge is 2.66. The van der Waals surface area contributed by atoms with Crippen LogP contribution in [0.4, 0.5) is 0 Å². The van der Waals surface area contributed by atoms with Crippen molar-refractivity contribution in [2.45, 2.75) is 20.3 Å². The molecule has 1 unspecified atom stereocenters. The molecule has 0 amide bonds. The van der Waals surface area contributed by atoms with Gasteiger partial charge in [0.1, 0.15) is 0 Å². The smallest absolute Gasteiger partial charge is 0.311 e. The molecule has 1 N–H and O–H groups in total. The Hall–Kier alpha value is -0.180. The molecule has 0 radical (unpaired) electrons. The molecule has 1 fully saturated rings. The molecule has 0 heterocycles. The van der Waals surface area contributed by atoms with Crippen LogP contribution in [0.1, 0.15) is 20.3 Å². The Morgan fingerprint density at radius 1 is 1.64 bits per heavy atom. The fourth-order valence-corrected chi connectivity index (χ4v) is 2.74. The maximum Gasteiger partial charge on any atom is 0.311 e. The second kappa shape index (κ2) is 2.41. The van der Waals surface area contributed by atoms with Crippen molar-refractivity contribution in [2.24, 2.45) is 10.8 Å². The van der Waals surface area contributed by atoms with E-state index in [1.54, 1.807) is 11.8 Å². The molecule has 0 spiro atoms. The fraction of sp³-hybridized carbons (Fsp3) is 0.875. The molecule has 64 valence electrons. The van der Waals surface area contributed by atoms with Crippen molar-refractivity contribution in [1.29, 1.82) is 0 Å². The largest absolute Gasteiger partial charge is 0.481 e. The Kier molecular flexibility index (Phi) is 1.95. The van der Waals surface area contributed by atoms with Crippen LogP contribution in [0.5, 0.6) is 0 Å². The van der Waals surface area contributed by atoms with E-state index in [0.717, 1.165) is 12.2 Å². The molecular weight excluding hydrogens is 160 g/mol. The lowest BCUT2D eigenvalue weighted by atomic mass is 9.98. The summed E-state index contributed by atoms with van der Waals surface area (Å²) in [6, 6.07) is 0. The van der Waals surface area contributed by atoms with Crippen LogP contribution in [0, 0.1) is 10.8 Å². The van der Waals surface area contributed by atoms with Crippen molar-refractivity contribution in [3.63, 3.8) is 0 Å². The van der Waals surface area contributed by atoms with Crippen molar-refractivity contribution in [3.05, 3.63) is 0 Å². The van der Waals surface area contributed by atoms with Crippen molar-refractivity contribution >= 4 is 17.7 Å². The number of thioether (sulfide) groups is 1. The van der Waals surface area contributed by atoms with E-state index in [1.807, 2.05) is 20.1 Å². The van der Waals surface area contributed by atoms with Gasteiger partial charge in [0.2, 0.25) is 0 Å². The van der Waals surface area contributed by atoms with Crippen molar-refractivity contribution in [3.8, 4) is 0 Å². The van der Waals surface area contributed by atoms with E-state index in [0.29, 0.717) is 0 Å². The maximum absolute atomic E-state index is 10.9. The van der Waals surface area contributed by atoms with Gasteiger partial charge in [-0.1, -0.05) is 13.8 Å². The number of hydrogen-bond donors (Lipinski definition) is 1. The van der Waals surface area contributed by atoms with Crippen LogP contribution in [-0.4, -0.2) is 23.1 Å². The molecule has 1 aliphatic carbocycles. The molecule has 1 aliphatic rings. The third-order valence-electron chi connectivity index (χ3n) is 2.71. The topological polar surface area (TPSA) is 37.3 Å². The highest BCUT2D eigenvalue weighted by Crippen LogP contribution is 2.64. The van der Waals surface area contributed by atoms with Crippen LogP contribution in [0.3, 0.4) is 0 Å². The molecule has 0 saturated heterocycles. The van der Waals surface area contributed by atoms with Gasteiger partial charge in [-0.3, -0.25) is 4.79 Å². The van der Waals surface area contributed by atoms with Gasteiger partial charge in [-0.25, -0.2) is 0 Å². The monoisotopic (exact) mass is 174 g/mol. The lowest BCUT2D eigenvalue weighted by Gasteiger charge is -2.13. The molecule has 11 heavy (non-hydrogen) atoms. The number of aliphatic carboxylic acids is 1. The van der Waals surface area contributed by atoms with E-state index in [-0.39, 0.29) is 5.41 Å². The van der Waals surface area contributed by atoms with Crippen LogP contribution in [0.25, 0.3) is 0 Å². The highest BCUT2D eigenvalue weighted by atomic mass is 32.2. The summed E-state index contributed by atoms with van der Waals surface area (Å²) in [5.41, 5.74) is -0.408. The standard InChI is InChI=1S/C8H14O2S/c1-7(2)4-8(7,5-11-3)6(9)10/h4-5H2,1-3H3,(H,9,10). The minimum absolute atomic E-state index is 0.0157. The molecule has 1 atom stereocenters. The lowest BCUT2D eigenvalue weighted by Crippen LogP contribution is -2.23. The lowest BCUT2D eigenvalue weighted by molar-refractivity contribution is -0.143. The van der Waals surface area contributed by atoms with Gasteiger partial charge in [0.05, 0.1) is 5.41 Å². The van der Waals surface area contributed by atoms with Crippen LogP contribution in [-0.2, 0) is 4.79 Å². The Labute approximate surface area is 71.4 Å². The van der Waals surface area contributed by atoms with E-state index in [4.69, 9.17) is 5.11 Å². The first-order valence-corrected chi connectivity index (χ1v) is 5.08. The molecule has 0 aromatic heterocycles. The highest BCUT2D eigenvalue weighted by molar-refractivity contribution is 7.98. The minimum atomic E-state index is -0.628. The van der Waals surface area contributed by atoms with Gasteiger partial charge in [0.15, 0.2) is 0 Å². The average Bonchev–Trinajstić information content (AvgIpc) is 2.36. The number of carboxylic acids is 1. The fourth-order valence-electron chi connectivity index (χ4n) is 1.63. The number of carboxylic acid groups (broad SMARTS) is 1. The predicted molar refractivity (Wildman–Crippen MR) is 46.8 cm³/mol. The Morgan fingerprint density at radius 2 is 2.09 bits per heavy atom. The van der Waals surface area contributed by atoms with E-state index in [1.165, 1.54) is 0 Å². The predicted octanol–water partition coefficient (Wildman–Crippen LogP) is 1.85. The molecular formula is C8H14O2S. The third kappa shape index (κ3) is 1.15. The summed E-state index contributed by atoms with van der Waals surface area (Å²) in [7, 11) is 0. The first-order chi connectivity index (χ1) is 4.96. The molecule has 0 aromatic carbocycles. The minimum Gasteiger partial charge on any atom is -0.481 e. The number of carbonyl (C=O) groups is 1. The van der Waals surface area contributed by atoms with E-state index in [2.05, 4.69) is 0 Å². The summed E-state index contributed by atoms with van der Waals surface area (Å²) < 4.78 is 0. The molecule has 1 saturated carbocycles. The van der Waals surface area contributed by atoms with Crippen LogP contribution in [0.2, 0.25) is 0 Å². The second-order valence-electron chi connectivity index (χ2n) is 3.88. The van der Waals surface area contributed by atoms with Crippen molar-refractivity contribution in [1.82, 2.24) is 0 Å². The summed E-state index contributed by atoms with van der Waals surface area (Å²) in [6.07, 6.45) is 2.79. The molecule has 1 rings (SSSR count). The quantitative estimate of drug-likeness (QED) is 0.709. The first kappa shape index (κ1) is 8.91. The summed E-state index contributed by atoms with van der Waals surface area (Å²) in [5, 5.41) is 8.96. The number of rotatable bonds is 3. The van der Waals surface area contributed by atoms with Gasteiger partial charge < -0.3 is 5.11 Å². The summed E-state index contributed by atoms with van der Waals surface area (Å²) >= 11 is 1.62. The molecule has 0 aliphatic heterocycles. The summed E-state index contributed by atoms with van der Waals surface area (Å²) in [4.78, 5) is 10.9. The SMILES string of the molecule is CSCC1(C(=O)O)CC1(C)C. The maximum atomic E-state index is 10.9. The van der Waals surface area contributed by atoms with E-state index >= 15 is 0 Å². The second-order valence-corrected chi connectivity index (χ2v) is 4.75. The first-order valence-electron chi connectivity index (χ1n) is 3.69. The van der Waals surface area contributed by atoms with Gasteiger partial charge in [0.25, 0.3) is 0 Å². The zero-order chi connectivity index (χ0) is 8.70. The van der Waals surface area contributed by atoms with Gasteiger partial charge in [-0.05, 0) is 18.1 Å². The Morgan fingerprint density at radius 3 is 2.18 bits per heavy atom. The molecule has 2 nitrogen and oxygen atoms in total.